The summed E-state index contributed by atoms with van der Waals surface area (Å²) in [5.41, 5.74) is 6.80. The first-order valence-corrected chi connectivity index (χ1v) is 6.71. The Kier molecular flexibility index (Phi) is 3.27. The van der Waals surface area contributed by atoms with Crippen LogP contribution in [-0.4, -0.2) is 44.4 Å². The fourth-order valence-electron chi connectivity index (χ4n) is 2.36. The van der Waals surface area contributed by atoms with Crippen molar-refractivity contribution in [3.8, 4) is 17.1 Å². The number of nitrogens with one attached hydrogen (secondary N) is 1. The van der Waals surface area contributed by atoms with Gasteiger partial charge in [0.2, 0.25) is 5.95 Å². The van der Waals surface area contributed by atoms with Crippen LogP contribution in [0.2, 0.25) is 0 Å². The number of piperidine rings is 1. The smallest absolute Gasteiger partial charge is 0.245 e. The molecule has 3 rings (SSSR count). The summed E-state index contributed by atoms with van der Waals surface area (Å²) in [6.45, 7) is 3.84. The molecular weight excluding hydrogens is 256 g/mol. The van der Waals surface area contributed by atoms with E-state index in [1.54, 1.807) is 12.3 Å². The Morgan fingerprint density at radius 2 is 2.30 bits per heavy atom. The SMILES string of the molecule is CC1CCN(c2n[nH]c(-c3cncc(O)c3)n2)CC1N. The maximum atomic E-state index is 9.44. The highest BCUT2D eigenvalue weighted by atomic mass is 16.3. The van der Waals surface area contributed by atoms with Gasteiger partial charge in [0.25, 0.3) is 0 Å². The molecule has 2 atom stereocenters. The van der Waals surface area contributed by atoms with Crippen molar-refractivity contribution < 1.29 is 5.11 Å². The van der Waals surface area contributed by atoms with Crippen molar-refractivity contribution in [1.82, 2.24) is 20.2 Å². The molecule has 4 N–H and O–H groups in total. The molecule has 7 nitrogen and oxygen atoms in total. The number of anilines is 1. The van der Waals surface area contributed by atoms with Gasteiger partial charge in [0.05, 0.1) is 6.20 Å². The molecule has 1 aliphatic heterocycles. The molecule has 1 aliphatic rings. The lowest BCUT2D eigenvalue weighted by atomic mass is 9.95. The number of aromatic hydroxyl groups is 1. The summed E-state index contributed by atoms with van der Waals surface area (Å²) in [5, 5.41) is 16.6. The summed E-state index contributed by atoms with van der Waals surface area (Å²) in [6, 6.07) is 1.74. The summed E-state index contributed by atoms with van der Waals surface area (Å²) in [4.78, 5) is 10.5. The van der Waals surface area contributed by atoms with E-state index in [1.807, 2.05) is 0 Å². The Morgan fingerprint density at radius 1 is 1.45 bits per heavy atom. The van der Waals surface area contributed by atoms with Gasteiger partial charge < -0.3 is 15.7 Å². The fourth-order valence-corrected chi connectivity index (χ4v) is 2.36. The van der Waals surface area contributed by atoms with Gasteiger partial charge in [-0.25, -0.2) is 0 Å². The largest absolute Gasteiger partial charge is 0.506 e. The van der Waals surface area contributed by atoms with Gasteiger partial charge in [-0.1, -0.05) is 6.92 Å². The highest BCUT2D eigenvalue weighted by Gasteiger charge is 2.25. The molecule has 2 aromatic rings. The van der Waals surface area contributed by atoms with E-state index in [1.165, 1.54) is 6.20 Å². The first kappa shape index (κ1) is 12.9. The summed E-state index contributed by atoms with van der Waals surface area (Å²) in [5.74, 6) is 1.87. The lowest BCUT2D eigenvalue weighted by Crippen LogP contribution is -2.48. The molecule has 20 heavy (non-hydrogen) atoms. The normalized spacial score (nSPS) is 23.0. The molecule has 0 radical (unpaired) electrons. The van der Waals surface area contributed by atoms with E-state index >= 15 is 0 Å². The first-order valence-electron chi connectivity index (χ1n) is 6.71. The number of hydrogen-bond donors (Lipinski definition) is 3. The van der Waals surface area contributed by atoms with Gasteiger partial charge in [-0.05, 0) is 18.4 Å². The molecule has 106 valence electrons. The molecule has 0 bridgehead atoms. The maximum absolute atomic E-state index is 9.44. The van der Waals surface area contributed by atoms with Crippen LogP contribution >= 0.6 is 0 Å². The van der Waals surface area contributed by atoms with Crippen molar-refractivity contribution >= 4 is 5.95 Å². The first-order chi connectivity index (χ1) is 9.63. The van der Waals surface area contributed by atoms with Gasteiger partial charge in [0.15, 0.2) is 5.82 Å². The molecule has 7 heteroatoms. The predicted molar refractivity (Wildman–Crippen MR) is 75.2 cm³/mol. The molecule has 0 aliphatic carbocycles. The molecular formula is C13H18N6O. The van der Waals surface area contributed by atoms with Crippen LogP contribution < -0.4 is 10.6 Å². The van der Waals surface area contributed by atoms with Crippen molar-refractivity contribution in [3.05, 3.63) is 18.5 Å². The van der Waals surface area contributed by atoms with Crippen LogP contribution in [0.5, 0.6) is 5.75 Å². The average Bonchev–Trinajstić information content (AvgIpc) is 2.92. The van der Waals surface area contributed by atoms with Gasteiger partial charge in [0, 0.05) is 30.9 Å². The van der Waals surface area contributed by atoms with Crippen LogP contribution in [0, 0.1) is 5.92 Å². The van der Waals surface area contributed by atoms with E-state index in [-0.39, 0.29) is 11.8 Å². The molecule has 0 amide bonds. The third-order valence-electron chi connectivity index (χ3n) is 3.77. The summed E-state index contributed by atoms with van der Waals surface area (Å²) in [7, 11) is 0. The minimum atomic E-state index is 0.106. The Hall–Kier alpha value is -2.15. The lowest BCUT2D eigenvalue weighted by molar-refractivity contribution is 0.376. The number of pyridine rings is 1. The fraction of sp³-hybridized carbons (Fsp3) is 0.462. The Morgan fingerprint density at radius 3 is 3.05 bits per heavy atom. The number of hydrogen-bond acceptors (Lipinski definition) is 6. The molecule has 1 saturated heterocycles. The van der Waals surface area contributed by atoms with Gasteiger partial charge in [-0.15, -0.1) is 5.10 Å². The van der Waals surface area contributed by atoms with E-state index < -0.39 is 0 Å². The quantitative estimate of drug-likeness (QED) is 0.746. The Balaban J connectivity index is 1.80. The second-order valence-electron chi connectivity index (χ2n) is 5.29. The van der Waals surface area contributed by atoms with Gasteiger partial charge in [0.1, 0.15) is 5.75 Å². The van der Waals surface area contributed by atoms with Crippen molar-refractivity contribution in [3.63, 3.8) is 0 Å². The number of nitrogens with zero attached hydrogens (tertiary/aromatic N) is 4. The van der Waals surface area contributed by atoms with Gasteiger partial charge in [-0.3, -0.25) is 10.1 Å². The van der Waals surface area contributed by atoms with Crippen LogP contribution in [0.3, 0.4) is 0 Å². The zero-order valence-electron chi connectivity index (χ0n) is 11.3. The van der Waals surface area contributed by atoms with Crippen molar-refractivity contribution in [2.45, 2.75) is 19.4 Å². The third kappa shape index (κ3) is 2.44. The van der Waals surface area contributed by atoms with Gasteiger partial charge >= 0.3 is 0 Å². The molecule has 0 saturated carbocycles. The highest BCUT2D eigenvalue weighted by Crippen LogP contribution is 2.23. The third-order valence-corrected chi connectivity index (χ3v) is 3.77. The monoisotopic (exact) mass is 274 g/mol. The minimum Gasteiger partial charge on any atom is -0.506 e. The number of H-pyrrole nitrogens is 1. The number of nitrogens with two attached hydrogens (primary N) is 1. The van der Waals surface area contributed by atoms with Crippen molar-refractivity contribution in [1.29, 1.82) is 0 Å². The zero-order chi connectivity index (χ0) is 14.1. The van der Waals surface area contributed by atoms with Crippen molar-refractivity contribution in [2.75, 3.05) is 18.0 Å². The van der Waals surface area contributed by atoms with Crippen LogP contribution in [0.1, 0.15) is 13.3 Å². The minimum absolute atomic E-state index is 0.106. The van der Waals surface area contributed by atoms with E-state index in [4.69, 9.17) is 5.73 Å². The molecule has 0 aromatic carbocycles. The standard InChI is InChI=1S/C13H18N6O/c1-8-2-3-19(7-11(8)14)13-16-12(17-18-13)9-4-10(20)6-15-5-9/h4-6,8,11,20H,2-3,7,14H2,1H3,(H,16,17,18). The average molecular weight is 274 g/mol. The van der Waals surface area contributed by atoms with Crippen LogP contribution in [0.15, 0.2) is 18.5 Å². The molecule has 0 spiro atoms. The van der Waals surface area contributed by atoms with Gasteiger partial charge in [-0.2, -0.15) is 4.98 Å². The Bertz CT molecular complexity index is 598. The Labute approximate surface area is 116 Å². The summed E-state index contributed by atoms with van der Waals surface area (Å²) in [6.07, 6.45) is 4.05. The maximum Gasteiger partial charge on any atom is 0.245 e. The van der Waals surface area contributed by atoms with Crippen LogP contribution in [0.4, 0.5) is 5.95 Å². The number of aromatic amines is 1. The molecule has 3 heterocycles. The summed E-state index contributed by atoms with van der Waals surface area (Å²) >= 11 is 0. The number of rotatable bonds is 2. The van der Waals surface area contributed by atoms with E-state index in [2.05, 4.69) is 32.0 Å². The number of aromatic nitrogens is 4. The molecule has 1 fully saturated rings. The van der Waals surface area contributed by atoms with E-state index in [0.717, 1.165) is 19.5 Å². The second kappa shape index (κ2) is 5.09. The topological polar surface area (TPSA) is 104 Å². The summed E-state index contributed by atoms with van der Waals surface area (Å²) < 4.78 is 0. The molecule has 2 unspecified atom stereocenters. The van der Waals surface area contributed by atoms with Crippen LogP contribution in [0.25, 0.3) is 11.4 Å². The second-order valence-corrected chi connectivity index (χ2v) is 5.29. The predicted octanol–water partition coefficient (Wildman–Crippen LogP) is 0.746. The highest BCUT2D eigenvalue weighted by molar-refractivity contribution is 5.56. The van der Waals surface area contributed by atoms with E-state index in [0.29, 0.717) is 23.3 Å². The van der Waals surface area contributed by atoms with Crippen molar-refractivity contribution in [2.24, 2.45) is 11.7 Å². The molecule has 2 aromatic heterocycles. The van der Waals surface area contributed by atoms with Crippen LogP contribution in [-0.2, 0) is 0 Å². The zero-order valence-corrected chi connectivity index (χ0v) is 11.3. The van der Waals surface area contributed by atoms with E-state index in [9.17, 15) is 5.11 Å². The lowest BCUT2D eigenvalue weighted by Gasteiger charge is -2.34.